The quantitative estimate of drug-likeness (QED) is 0.751. The van der Waals surface area contributed by atoms with Gasteiger partial charge in [-0.1, -0.05) is 24.3 Å². The topological polar surface area (TPSA) is 73.1 Å². The van der Waals surface area contributed by atoms with E-state index in [1.54, 1.807) is 7.11 Å². The minimum Gasteiger partial charge on any atom is -0.497 e. The molecular weight excluding hydrogens is 312 g/mol. The molecule has 2 aromatic carbocycles. The van der Waals surface area contributed by atoms with E-state index in [-0.39, 0.29) is 12.4 Å². The highest BCUT2D eigenvalue weighted by Crippen LogP contribution is 2.19. The van der Waals surface area contributed by atoms with E-state index in [0.29, 0.717) is 11.8 Å². The lowest BCUT2D eigenvalue weighted by Gasteiger charge is -2.08. The predicted molar refractivity (Wildman–Crippen MR) is 96.4 cm³/mol. The summed E-state index contributed by atoms with van der Waals surface area (Å²) >= 11 is 0. The Balaban J connectivity index is 0.00000192. The van der Waals surface area contributed by atoms with Crippen molar-refractivity contribution >= 4 is 35.1 Å². The molecule has 0 bridgehead atoms. The molecule has 0 spiro atoms. The molecule has 23 heavy (non-hydrogen) atoms. The van der Waals surface area contributed by atoms with Crippen LogP contribution in [0.2, 0.25) is 0 Å². The van der Waals surface area contributed by atoms with E-state index in [2.05, 4.69) is 27.4 Å². The van der Waals surface area contributed by atoms with E-state index in [0.717, 1.165) is 29.6 Å². The van der Waals surface area contributed by atoms with Crippen LogP contribution in [0.5, 0.6) is 5.75 Å². The van der Waals surface area contributed by atoms with Crippen molar-refractivity contribution in [2.75, 3.05) is 24.7 Å². The van der Waals surface area contributed by atoms with Gasteiger partial charge >= 0.3 is 0 Å². The summed E-state index contributed by atoms with van der Waals surface area (Å²) in [6.07, 6.45) is 0.875. The van der Waals surface area contributed by atoms with Crippen LogP contribution in [-0.2, 0) is 6.42 Å². The first-order valence-corrected chi connectivity index (χ1v) is 7.15. The van der Waals surface area contributed by atoms with Gasteiger partial charge in [-0.05, 0) is 36.2 Å². The number of benzene rings is 2. The molecule has 0 radical (unpaired) electrons. The number of nitrogens with two attached hydrogens (primary N) is 1. The molecule has 0 fully saturated rings. The number of hydrogen-bond acceptors (Lipinski definition) is 5. The van der Waals surface area contributed by atoms with E-state index in [4.69, 9.17) is 10.5 Å². The number of nitrogens with zero attached hydrogens (tertiary/aromatic N) is 2. The molecule has 0 unspecified atom stereocenters. The van der Waals surface area contributed by atoms with Crippen LogP contribution in [0.15, 0.2) is 48.5 Å². The van der Waals surface area contributed by atoms with Gasteiger partial charge in [0, 0.05) is 11.9 Å². The van der Waals surface area contributed by atoms with Crippen molar-refractivity contribution in [3.63, 3.8) is 0 Å². The first kappa shape index (κ1) is 16.8. The molecule has 6 heteroatoms. The van der Waals surface area contributed by atoms with E-state index in [9.17, 15) is 0 Å². The fraction of sp³-hybridized carbons (Fsp3) is 0.176. The largest absolute Gasteiger partial charge is 0.497 e. The average molecular weight is 331 g/mol. The summed E-state index contributed by atoms with van der Waals surface area (Å²) in [5.74, 6) is 1.92. The van der Waals surface area contributed by atoms with Crippen LogP contribution in [0, 0.1) is 0 Å². The maximum atomic E-state index is 5.97. The third-order valence-corrected chi connectivity index (χ3v) is 3.49. The summed E-state index contributed by atoms with van der Waals surface area (Å²) in [6.45, 7) is 0.740. The Morgan fingerprint density at radius 2 is 1.78 bits per heavy atom. The van der Waals surface area contributed by atoms with Crippen molar-refractivity contribution in [3.05, 3.63) is 54.1 Å². The van der Waals surface area contributed by atoms with E-state index in [1.165, 1.54) is 5.56 Å². The zero-order chi connectivity index (χ0) is 15.4. The lowest BCUT2D eigenvalue weighted by Crippen LogP contribution is -2.09. The Morgan fingerprint density at radius 3 is 2.52 bits per heavy atom. The standard InChI is InChI=1S/C17H18N4O.ClH/c1-22-13-8-6-12(7-9-13)10-11-19-17-20-15-5-3-2-4-14(15)16(18)21-17;/h2-9H,10-11H2,1H3,(H3,18,19,20,21);1H. The summed E-state index contributed by atoms with van der Waals surface area (Å²) in [5, 5.41) is 4.10. The highest BCUT2D eigenvalue weighted by atomic mass is 35.5. The number of aromatic nitrogens is 2. The summed E-state index contributed by atoms with van der Waals surface area (Å²) in [5.41, 5.74) is 8.04. The fourth-order valence-electron chi connectivity index (χ4n) is 2.29. The van der Waals surface area contributed by atoms with Gasteiger partial charge in [-0.15, -0.1) is 12.4 Å². The van der Waals surface area contributed by atoms with Gasteiger partial charge < -0.3 is 15.8 Å². The van der Waals surface area contributed by atoms with Crippen LogP contribution < -0.4 is 15.8 Å². The monoisotopic (exact) mass is 330 g/mol. The van der Waals surface area contributed by atoms with Crippen LogP contribution in [-0.4, -0.2) is 23.6 Å². The Kier molecular flexibility index (Phi) is 5.60. The number of halogens is 1. The van der Waals surface area contributed by atoms with Crippen LogP contribution in [0.4, 0.5) is 11.8 Å². The average Bonchev–Trinajstić information content (AvgIpc) is 2.56. The zero-order valence-electron chi connectivity index (χ0n) is 12.8. The number of para-hydroxylation sites is 1. The maximum Gasteiger partial charge on any atom is 0.225 e. The Hall–Kier alpha value is -2.53. The number of nitrogen functional groups attached to an aromatic ring is 1. The summed E-state index contributed by atoms with van der Waals surface area (Å²) in [4.78, 5) is 8.77. The number of methoxy groups -OCH3 is 1. The molecule has 5 nitrogen and oxygen atoms in total. The minimum absolute atomic E-state index is 0. The van der Waals surface area contributed by atoms with Gasteiger partial charge in [0.05, 0.1) is 12.6 Å². The normalized spacial score (nSPS) is 10.1. The molecule has 1 heterocycles. The molecule has 0 aliphatic carbocycles. The highest BCUT2D eigenvalue weighted by Gasteiger charge is 2.04. The maximum absolute atomic E-state index is 5.97. The lowest BCUT2D eigenvalue weighted by molar-refractivity contribution is 0.414. The van der Waals surface area contributed by atoms with Crippen molar-refractivity contribution in [2.45, 2.75) is 6.42 Å². The third kappa shape index (κ3) is 4.02. The third-order valence-electron chi connectivity index (χ3n) is 3.49. The summed E-state index contributed by atoms with van der Waals surface area (Å²) < 4.78 is 5.15. The van der Waals surface area contributed by atoms with Gasteiger partial charge in [0.1, 0.15) is 11.6 Å². The van der Waals surface area contributed by atoms with Crippen molar-refractivity contribution in [1.82, 2.24) is 9.97 Å². The number of nitrogens with one attached hydrogen (secondary N) is 1. The fourth-order valence-corrected chi connectivity index (χ4v) is 2.29. The molecule has 0 aliphatic heterocycles. The SMILES string of the molecule is COc1ccc(CCNc2nc(N)c3ccccc3n2)cc1.Cl. The lowest BCUT2D eigenvalue weighted by atomic mass is 10.1. The number of ether oxygens (including phenoxy) is 1. The molecule has 120 valence electrons. The molecular formula is C17H19ClN4O. The molecule has 0 amide bonds. The van der Waals surface area contributed by atoms with Crippen LogP contribution in [0.25, 0.3) is 10.9 Å². The van der Waals surface area contributed by atoms with Crippen molar-refractivity contribution < 1.29 is 4.74 Å². The van der Waals surface area contributed by atoms with Gasteiger partial charge in [0.2, 0.25) is 5.95 Å². The molecule has 1 aromatic heterocycles. The molecule has 3 N–H and O–H groups in total. The highest BCUT2D eigenvalue weighted by molar-refractivity contribution is 5.88. The number of hydrogen-bond donors (Lipinski definition) is 2. The number of rotatable bonds is 5. The van der Waals surface area contributed by atoms with Gasteiger partial charge in [-0.3, -0.25) is 0 Å². The Labute approximate surface area is 141 Å². The van der Waals surface area contributed by atoms with Gasteiger partial charge in [-0.2, -0.15) is 4.98 Å². The smallest absolute Gasteiger partial charge is 0.225 e. The predicted octanol–water partition coefficient (Wildman–Crippen LogP) is 3.30. The first-order valence-electron chi connectivity index (χ1n) is 7.15. The Bertz CT molecular complexity index is 777. The van der Waals surface area contributed by atoms with E-state index < -0.39 is 0 Å². The second kappa shape index (κ2) is 7.65. The summed E-state index contributed by atoms with van der Waals surface area (Å²) in [7, 11) is 1.66. The minimum atomic E-state index is 0. The van der Waals surface area contributed by atoms with Crippen LogP contribution in [0.1, 0.15) is 5.56 Å². The van der Waals surface area contributed by atoms with Gasteiger partial charge in [0.15, 0.2) is 0 Å². The molecule has 0 saturated heterocycles. The van der Waals surface area contributed by atoms with E-state index >= 15 is 0 Å². The first-order chi connectivity index (χ1) is 10.8. The summed E-state index contributed by atoms with van der Waals surface area (Å²) in [6, 6.07) is 15.7. The van der Waals surface area contributed by atoms with E-state index in [1.807, 2.05) is 36.4 Å². The van der Waals surface area contributed by atoms with Crippen LogP contribution in [0.3, 0.4) is 0 Å². The van der Waals surface area contributed by atoms with Crippen molar-refractivity contribution in [1.29, 1.82) is 0 Å². The van der Waals surface area contributed by atoms with Crippen molar-refractivity contribution in [3.8, 4) is 5.75 Å². The second-order valence-electron chi connectivity index (χ2n) is 4.97. The zero-order valence-corrected chi connectivity index (χ0v) is 13.6. The molecule has 3 aromatic rings. The number of anilines is 2. The second-order valence-corrected chi connectivity index (χ2v) is 4.97. The number of fused-ring (bicyclic) bond motifs is 1. The molecule has 0 aliphatic rings. The molecule has 3 rings (SSSR count). The Morgan fingerprint density at radius 1 is 1.04 bits per heavy atom. The molecule has 0 saturated carbocycles. The van der Waals surface area contributed by atoms with Crippen molar-refractivity contribution in [2.24, 2.45) is 0 Å². The van der Waals surface area contributed by atoms with Crippen LogP contribution >= 0.6 is 12.4 Å². The van der Waals surface area contributed by atoms with Gasteiger partial charge in [0.25, 0.3) is 0 Å². The van der Waals surface area contributed by atoms with Gasteiger partial charge in [-0.25, -0.2) is 4.98 Å². The molecule has 0 atom stereocenters.